The van der Waals surface area contributed by atoms with Crippen molar-refractivity contribution in [3.8, 4) is 5.75 Å². The van der Waals surface area contributed by atoms with Crippen LogP contribution in [-0.4, -0.2) is 28.6 Å². The zero-order valence-electron chi connectivity index (χ0n) is 15.0. The van der Waals surface area contributed by atoms with Gasteiger partial charge in [0.25, 0.3) is 5.91 Å². The van der Waals surface area contributed by atoms with Crippen molar-refractivity contribution >= 4 is 17.6 Å². The van der Waals surface area contributed by atoms with E-state index < -0.39 is 12.6 Å². The lowest BCUT2D eigenvalue weighted by atomic mass is 10.1. The molecule has 0 saturated heterocycles. The number of nitrogens with one attached hydrogen (secondary N) is 2. The first kappa shape index (κ1) is 19.2. The standard InChI is InChI=1S/C19H22N2O5/c1-11(2)6-14-8-13(9-17(22)20-14)19(25)21-16-5-4-15(7-12(16)3)26-10-18(23)24/h4-5,7-9,11H,6,10H2,1-3H3,(H,20,22)(H,21,25)(H,23,24). The van der Waals surface area contributed by atoms with E-state index in [1.54, 1.807) is 31.2 Å². The number of carboxylic acids is 1. The second-order valence-corrected chi connectivity index (χ2v) is 6.47. The van der Waals surface area contributed by atoms with Crippen molar-refractivity contribution in [3.05, 3.63) is 57.5 Å². The number of pyridine rings is 1. The Hall–Kier alpha value is -3.09. The lowest BCUT2D eigenvalue weighted by molar-refractivity contribution is -0.139. The molecule has 1 aromatic carbocycles. The summed E-state index contributed by atoms with van der Waals surface area (Å²) in [5.41, 5.74) is 1.96. The minimum absolute atomic E-state index is 0.287. The van der Waals surface area contributed by atoms with Crippen LogP contribution in [0.15, 0.2) is 35.1 Å². The highest BCUT2D eigenvalue weighted by Crippen LogP contribution is 2.22. The third-order valence-electron chi connectivity index (χ3n) is 3.60. The summed E-state index contributed by atoms with van der Waals surface area (Å²) in [6.07, 6.45) is 0.672. The molecule has 0 saturated carbocycles. The van der Waals surface area contributed by atoms with Gasteiger partial charge in [0.05, 0.1) is 0 Å². The number of aliphatic carboxylic acids is 1. The van der Waals surface area contributed by atoms with E-state index in [2.05, 4.69) is 10.3 Å². The molecule has 7 heteroatoms. The van der Waals surface area contributed by atoms with Crippen LogP contribution in [0.4, 0.5) is 5.69 Å². The van der Waals surface area contributed by atoms with Crippen LogP contribution in [0.1, 0.15) is 35.5 Å². The number of hydrogen-bond donors (Lipinski definition) is 3. The van der Waals surface area contributed by atoms with E-state index >= 15 is 0 Å². The van der Waals surface area contributed by atoms with Gasteiger partial charge >= 0.3 is 5.97 Å². The van der Waals surface area contributed by atoms with Crippen molar-refractivity contribution in [2.75, 3.05) is 11.9 Å². The van der Waals surface area contributed by atoms with Gasteiger partial charge in [-0.25, -0.2) is 4.79 Å². The molecule has 0 radical (unpaired) electrons. The summed E-state index contributed by atoms with van der Waals surface area (Å²) < 4.78 is 5.10. The number of benzene rings is 1. The fourth-order valence-electron chi connectivity index (χ4n) is 2.49. The van der Waals surface area contributed by atoms with Crippen LogP contribution in [0.25, 0.3) is 0 Å². The molecule has 0 aliphatic rings. The molecule has 0 fully saturated rings. The average Bonchev–Trinajstić information content (AvgIpc) is 2.53. The minimum Gasteiger partial charge on any atom is -0.482 e. The number of rotatable bonds is 7. The number of aromatic nitrogens is 1. The Bertz CT molecular complexity index is 870. The zero-order valence-corrected chi connectivity index (χ0v) is 15.0. The molecular formula is C19H22N2O5. The molecule has 0 spiro atoms. The Kier molecular flexibility index (Phi) is 6.16. The summed E-state index contributed by atoms with van der Waals surface area (Å²) in [4.78, 5) is 37.5. The smallest absolute Gasteiger partial charge is 0.341 e. The van der Waals surface area contributed by atoms with Gasteiger partial charge in [0.1, 0.15) is 5.75 Å². The van der Waals surface area contributed by atoms with Gasteiger partial charge in [-0.1, -0.05) is 13.8 Å². The molecule has 0 atom stereocenters. The average molecular weight is 358 g/mol. The maximum absolute atomic E-state index is 12.5. The van der Waals surface area contributed by atoms with E-state index in [-0.39, 0.29) is 17.0 Å². The van der Waals surface area contributed by atoms with Crippen molar-refractivity contribution in [3.63, 3.8) is 0 Å². The van der Waals surface area contributed by atoms with Gasteiger partial charge in [-0.3, -0.25) is 9.59 Å². The topological polar surface area (TPSA) is 108 Å². The number of anilines is 1. The predicted molar refractivity (Wildman–Crippen MR) is 97.9 cm³/mol. The van der Waals surface area contributed by atoms with Crippen LogP contribution in [0.5, 0.6) is 5.75 Å². The Labute approximate surface area is 151 Å². The Morgan fingerprint density at radius 2 is 1.96 bits per heavy atom. The van der Waals surface area contributed by atoms with Crippen LogP contribution >= 0.6 is 0 Å². The third-order valence-corrected chi connectivity index (χ3v) is 3.60. The molecule has 138 valence electrons. The first-order chi connectivity index (χ1) is 12.2. The second kappa shape index (κ2) is 8.33. The minimum atomic E-state index is -1.06. The number of amides is 1. The highest BCUT2D eigenvalue weighted by atomic mass is 16.5. The van der Waals surface area contributed by atoms with E-state index in [4.69, 9.17) is 9.84 Å². The van der Waals surface area contributed by atoms with Gasteiger partial charge in [0.2, 0.25) is 5.56 Å². The predicted octanol–water partition coefficient (Wildman–Crippen LogP) is 2.60. The molecule has 3 N–H and O–H groups in total. The highest BCUT2D eigenvalue weighted by molar-refractivity contribution is 6.04. The molecule has 0 aliphatic heterocycles. The monoisotopic (exact) mass is 358 g/mol. The van der Waals surface area contributed by atoms with Gasteiger partial charge < -0.3 is 20.1 Å². The van der Waals surface area contributed by atoms with E-state index in [0.29, 0.717) is 35.0 Å². The molecule has 0 aliphatic carbocycles. The quantitative estimate of drug-likeness (QED) is 0.705. The van der Waals surface area contributed by atoms with Gasteiger partial charge in [-0.2, -0.15) is 0 Å². The molecule has 7 nitrogen and oxygen atoms in total. The van der Waals surface area contributed by atoms with E-state index in [1.165, 1.54) is 6.07 Å². The lowest BCUT2D eigenvalue weighted by Crippen LogP contribution is -2.18. The molecule has 1 heterocycles. The number of aromatic amines is 1. The van der Waals surface area contributed by atoms with Crippen LogP contribution in [-0.2, 0) is 11.2 Å². The first-order valence-electron chi connectivity index (χ1n) is 8.24. The summed E-state index contributed by atoms with van der Waals surface area (Å²) in [6.45, 7) is 5.40. The molecule has 0 unspecified atom stereocenters. The summed E-state index contributed by atoms with van der Waals surface area (Å²) in [7, 11) is 0. The summed E-state index contributed by atoms with van der Waals surface area (Å²) in [6, 6.07) is 7.79. The summed E-state index contributed by atoms with van der Waals surface area (Å²) in [5.74, 6) is -0.697. The summed E-state index contributed by atoms with van der Waals surface area (Å²) >= 11 is 0. The van der Waals surface area contributed by atoms with E-state index in [9.17, 15) is 14.4 Å². The van der Waals surface area contributed by atoms with Crippen LogP contribution < -0.4 is 15.6 Å². The lowest BCUT2D eigenvalue weighted by Gasteiger charge is -2.11. The Balaban J connectivity index is 2.15. The zero-order chi connectivity index (χ0) is 19.3. The molecule has 1 amide bonds. The van der Waals surface area contributed by atoms with Crippen molar-refractivity contribution in [1.82, 2.24) is 4.98 Å². The first-order valence-corrected chi connectivity index (χ1v) is 8.24. The van der Waals surface area contributed by atoms with Crippen molar-refractivity contribution in [1.29, 1.82) is 0 Å². The maximum atomic E-state index is 12.5. The fraction of sp³-hybridized carbons (Fsp3) is 0.316. The summed E-state index contributed by atoms with van der Waals surface area (Å²) in [5, 5.41) is 11.4. The van der Waals surface area contributed by atoms with Gasteiger partial charge in [0, 0.05) is 23.0 Å². The van der Waals surface area contributed by atoms with Gasteiger partial charge in [-0.05, 0) is 49.1 Å². The number of carbonyl (C=O) groups excluding carboxylic acids is 1. The van der Waals surface area contributed by atoms with Crippen LogP contribution in [0.3, 0.4) is 0 Å². The van der Waals surface area contributed by atoms with Crippen LogP contribution in [0, 0.1) is 12.8 Å². The number of ether oxygens (including phenoxy) is 1. The normalized spacial score (nSPS) is 10.6. The van der Waals surface area contributed by atoms with Crippen molar-refractivity contribution in [2.45, 2.75) is 27.2 Å². The molecule has 1 aromatic heterocycles. The van der Waals surface area contributed by atoms with Crippen LogP contribution in [0.2, 0.25) is 0 Å². The molecule has 26 heavy (non-hydrogen) atoms. The number of carbonyl (C=O) groups is 2. The third kappa shape index (κ3) is 5.47. The second-order valence-electron chi connectivity index (χ2n) is 6.47. The maximum Gasteiger partial charge on any atom is 0.341 e. The largest absolute Gasteiger partial charge is 0.482 e. The van der Waals surface area contributed by atoms with Crippen molar-refractivity contribution < 1.29 is 19.4 Å². The van der Waals surface area contributed by atoms with E-state index in [1.807, 2.05) is 13.8 Å². The van der Waals surface area contributed by atoms with Gasteiger partial charge in [-0.15, -0.1) is 0 Å². The molecule has 2 aromatic rings. The number of hydrogen-bond acceptors (Lipinski definition) is 4. The molecular weight excluding hydrogens is 336 g/mol. The van der Waals surface area contributed by atoms with Gasteiger partial charge in [0.15, 0.2) is 6.61 Å². The molecule has 0 bridgehead atoms. The number of H-pyrrole nitrogens is 1. The van der Waals surface area contributed by atoms with E-state index in [0.717, 1.165) is 0 Å². The number of carboxylic acid groups (broad SMARTS) is 1. The number of aryl methyl sites for hydroxylation is 1. The highest BCUT2D eigenvalue weighted by Gasteiger charge is 2.11. The molecule has 2 rings (SSSR count). The Morgan fingerprint density at radius 3 is 2.58 bits per heavy atom. The fourth-order valence-corrected chi connectivity index (χ4v) is 2.49. The SMILES string of the molecule is Cc1cc(OCC(=O)O)ccc1NC(=O)c1cc(CC(C)C)[nH]c(=O)c1. The van der Waals surface area contributed by atoms with Crippen molar-refractivity contribution in [2.24, 2.45) is 5.92 Å². The Morgan fingerprint density at radius 1 is 1.23 bits per heavy atom.